The molecule has 3 N–H and O–H groups in total. The number of ether oxygens (including phenoxy) is 5. The van der Waals surface area contributed by atoms with Crippen LogP contribution in [0.3, 0.4) is 0 Å². The second-order valence-corrected chi connectivity index (χ2v) is 17.6. The van der Waals surface area contributed by atoms with Crippen LogP contribution >= 0.6 is 0 Å². The second kappa shape index (κ2) is 22.0. The number of hydrogen-bond donors (Lipinski definition) is 3. The fourth-order valence-corrected chi connectivity index (χ4v) is 9.34. The first kappa shape index (κ1) is 48.4. The lowest BCUT2D eigenvalue weighted by molar-refractivity contribution is -0.302. The Balaban J connectivity index is 1.79. The van der Waals surface area contributed by atoms with Crippen LogP contribution in [0.15, 0.2) is 35.5 Å². The third-order valence-electron chi connectivity index (χ3n) is 12.9. The molecule has 1 amide bonds. The summed E-state index contributed by atoms with van der Waals surface area (Å²) in [5.74, 6) is -8.65. The first-order valence-electron chi connectivity index (χ1n) is 21.4. The highest BCUT2D eigenvalue weighted by Gasteiger charge is 2.56. The van der Waals surface area contributed by atoms with Crippen molar-refractivity contribution in [3.8, 4) is 0 Å². The zero-order valence-corrected chi connectivity index (χ0v) is 36.3. The third-order valence-corrected chi connectivity index (χ3v) is 12.9. The predicted molar refractivity (Wildman–Crippen MR) is 217 cm³/mol. The van der Waals surface area contributed by atoms with Crippen LogP contribution in [0.5, 0.6) is 0 Å². The van der Waals surface area contributed by atoms with Crippen LogP contribution in [0.4, 0.5) is 0 Å². The Morgan fingerprint density at radius 1 is 0.949 bits per heavy atom. The van der Waals surface area contributed by atoms with Crippen LogP contribution in [-0.4, -0.2) is 126 Å². The topological polar surface area (TPSA) is 195 Å². The largest absolute Gasteiger partial charge is 0.466 e. The van der Waals surface area contributed by atoms with Crippen LogP contribution in [0.25, 0.3) is 0 Å². The number of ketones is 2. The van der Waals surface area contributed by atoms with Gasteiger partial charge in [-0.25, -0.2) is 9.59 Å². The Bertz CT molecular complexity index is 1570. The molecule has 1 aliphatic carbocycles. The van der Waals surface area contributed by atoms with E-state index in [0.29, 0.717) is 44.1 Å². The third kappa shape index (κ3) is 12.4. The molecule has 11 atom stereocenters. The van der Waals surface area contributed by atoms with E-state index in [1.165, 1.54) is 32.3 Å². The first-order valence-corrected chi connectivity index (χ1v) is 21.4. The average molecular weight is 832 g/mol. The Labute approximate surface area is 349 Å². The molecule has 0 spiro atoms. The van der Waals surface area contributed by atoms with Crippen molar-refractivity contribution in [3.63, 3.8) is 0 Å². The van der Waals surface area contributed by atoms with Gasteiger partial charge in [0.2, 0.25) is 5.79 Å². The molecule has 14 heteroatoms. The van der Waals surface area contributed by atoms with E-state index in [4.69, 9.17) is 23.7 Å². The predicted octanol–water partition coefficient (Wildman–Crippen LogP) is 4.56. The SMILES string of the molecule is COC(=O)/C=C/C[C@@H]1/C=C(\C)C[C@H](C)C[C@H](OC)[C@H]2O[C@@](O)(C(=O)C(=O)N3CCCC[C@H]3C(=O)O[C@H](/C(C)=C/[C@H]3CC[C@H](O)CC3)[C@H](C)[C@@H](O)CC1=O)[C@H](C)C[C@@H]2OC. The van der Waals surface area contributed by atoms with Gasteiger partial charge in [-0.1, -0.05) is 44.6 Å². The molecular formula is C45H69NO13. The normalized spacial score (nSPS) is 38.8. The Morgan fingerprint density at radius 2 is 1.61 bits per heavy atom. The van der Waals surface area contributed by atoms with Crippen molar-refractivity contribution in [1.29, 1.82) is 0 Å². The summed E-state index contributed by atoms with van der Waals surface area (Å²) in [7, 11) is 4.28. The van der Waals surface area contributed by atoms with E-state index >= 15 is 0 Å². The second-order valence-electron chi connectivity index (χ2n) is 17.6. The number of amides is 1. The number of aliphatic hydroxyl groups excluding tert-OH is 2. The Morgan fingerprint density at radius 3 is 2.25 bits per heavy atom. The summed E-state index contributed by atoms with van der Waals surface area (Å²) in [6.45, 7) is 9.12. The zero-order chi connectivity index (χ0) is 43.6. The number of carbonyl (C=O) groups is 5. The number of cyclic esters (lactones) is 1. The van der Waals surface area contributed by atoms with Crippen molar-refractivity contribution >= 4 is 29.4 Å². The molecule has 0 radical (unpaired) electrons. The van der Waals surface area contributed by atoms with E-state index in [1.54, 1.807) is 19.9 Å². The number of nitrogens with zero attached hydrogens (tertiary/aromatic N) is 1. The number of allylic oxidation sites excluding steroid dienone is 4. The van der Waals surface area contributed by atoms with Gasteiger partial charge >= 0.3 is 11.9 Å². The van der Waals surface area contributed by atoms with Crippen LogP contribution in [0.1, 0.15) is 112 Å². The Hall–Kier alpha value is -3.27. The summed E-state index contributed by atoms with van der Waals surface area (Å²) >= 11 is 0. The van der Waals surface area contributed by atoms with Gasteiger partial charge in [-0.15, -0.1) is 0 Å². The molecule has 59 heavy (non-hydrogen) atoms. The lowest BCUT2D eigenvalue weighted by atomic mass is 9.82. The maximum Gasteiger partial charge on any atom is 0.330 e. The number of esters is 2. The fourth-order valence-electron chi connectivity index (χ4n) is 9.34. The van der Waals surface area contributed by atoms with Crippen molar-refractivity contribution < 1.29 is 63.0 Å². The number of aliphatic hydroxyl groups is 3. The van der Waals surface area contributed by atoms with Crippen molar-refractivity contribution in [1.82, 2.24) is 4.90 Å². The monoisotopic (exact) mass is 831 g/mol. The van der Waals surface area contributed by atoms with Crippen molar-refractivity contribution in [3.05, 3.63) is 35.5 Å². The molecular weight excluding hydrogens is 762 g/mol. The maximum atomic E-state index is 14.3. The molecule has 0 unspecified atom stereocenters. The molecule has 332 valence electrons. The molecule has 2 bridgehead atoms. The summed E-state index contributed by atoms with van der Waals surface area (Å²) in [6.07, 6.45) is 6.94. The minimum absolute atomic E-state index is 0.0524. The smallest absolute Gasteiger partial charge is 0.330 e. The number of hydrogen-bond acceptors (Lipinski definition) is 13. The lowest BCUT2D eigenvalue weighted by Gasteiger charge is -2.47. The minimum atomic E-state index is -2.53. The van der Waals surface area contributed by atoms with Gasteiger partial charge < -0.3 is 43.9 Å². The van der Waals surface area contributed by atoms with Gasteiger partial charge in [0.05, 0.1) is 31.5 Å². The number of Topliss-reactive ketones (excluding diaryl/α,β-unsaturated/α-hetero) is 2. The molecule has 0 aromatic heterocycles. The summed E-state index contributed by atoms with van der Waals surface area (Å²) in [4.78, 5) is 69.9. The summed E-state index contributed by atoms with van der Waals surface area (Å²) in [5.41, 5.74) is 1.54. The van der Waals surface area contributed by atoms with Crippen molar-refractivity contribution in [2.45, 2.75) is 160 Å². The summed E-state index contributed by atoms with van der Waals surface area (Å²) in [5, 5.41) is 33.9. The van der Waals surface area contributed by atoms with Gasteiger partial charge in [0.25, 0.3) is 11.7 Å². The standard InChI is InChI=1S/C45H69NO13/c1-26-20-27(2)22-37(55-6)41-38(56-7)24-29(4)45(54,59-41)42(51)43(52)46-19-10-9-13-34(46)44(53)58-40(28(3)23-31-15-17-33(47)18-16-31)30(5)35(48)25-36(49)32(21-26)12-11-14-39(50)57-8/h11,14,21,23,27,29-35,37-38,40-41,47-48,54H,9-10,12-13,15-20,22,24-25H2,1-8H3/b14-11+,26-21+,28-23+/t27-,29+,30+,31-,32+,33-,34-,35-,37-,38-,40+,41+,45+/m0/s1. The molecule has 3 aliphatic heterocycles. The number of piperidine rings is 1. The highest BCUT2D eigenvalue weighted by atomic mass is 16.7. The van der Waals surface area contributed by atoms with E-state index in [9.17, 15) is 39.3 Å². The van der Waals surface area contributed by atoms with E-state index < -0.39 is 83.7 Å². The van der Waals surface area contributed by atoms with Crippen LogP contribution in [0.2, 0.25) is 0 Å². The average Bonchev–Trinajstić information content (AvgIpc) is 3.21. The highest BCUT2D eigenvalue weighted by molar-refractivity contribution is 6.39. The van der Waals surface area contributed by atoms with E-state index in [1.807, 2.05) is 32.9 Å². The van der Waals surface area contributed by atoms with Gasteiger partial charge in [0, 0.05) is 51.0 Å². The number of carbonyl (C=O) groups excluding carboxylic acids is 5. The molecule has 0 aromatic rings. The quantitative estimate of drug-likeness (QED) is 0.140. The maximum absolute atomic E-state index is 14.3. The molecule has 4 rings (SSSR count). The van der Waals surface area contributed by atoms with Crippen LogP contribution in [0, 0.1) is 29.6 Å². The van der Waals surface area contributed by atoms with Gasteiger partial charge in [-0.05, 0) is 102 Å². The molecule has 2 saturated heterocycles. The molecule has 1 saturated carbocycles. The molecule has 3 fully saturated rings. The fraction of sp³-hybridized carbons (Fsp3) is 0.756. The number of fused-ring (bicyclic) bond motifs is 3. The van der Waals surface area contributed by atoms with Gasteiger partial charge in [-0.3, -0.25) is 14.4 Å². The van der Waals surface area contributed by atoms with Gasteiger partial charge in [-0.2, -0.15) is 0 Å². The molecule has 3 heterocycles. The number of rotatable bonds is 7. The summed E-state index contributed by atoms with van der Waals surface area (Å²) < 4.78 is 29.0. The van der Waals surface area contributed by atoms with E-state index in [2.05, 4.69) is 0 Å². The Kier molecular flexibility index (Phi) is 18.1. The van der Waals surface area contributed by atoms with Gasteiger partial charge in [0.15, 0.2) is 0 Å². The van der Waals surface area contributed by atoms with Crippen LogP contribution in [-0.2, 0) is 47.7 Å². The summed E-state index contributed by atoms with van der Waals surface area (Å²) in [6, 6.07) is -1.16. The zero-order valence-electron chi connectivity index (χ0n) is 36.3. The number of methoxy groups -OCH3 is 3. The molecule has 0 aromatic carbocycles. The lowest BCUT2D eigenvalue weighted by Crippen LogP contribution is -2.64. The first-order chi connectivity index (χ1) is 27.9. The molecule has 14 nitrogen and oxygen atoms in total. The molecule has 4 aliphatic rings. The van der Waals surface area contributed by atoms with Crippen molar-refractivity contribution in [2.24, 2.45) is 29.6 Å². The van der Waals surface area contributed by atoms with E-state index in [0.717, 1.165) is 18.4 Å². The van der Waals surface area contributed by atoms with E-state index in [-0.39, 0.29) is 56.0 Å². The van der Waals surface area contributed by atoms with Gasteiger partial charge in [0.1, 0.15) is 24.0 Å². The van der Waals surface area contributed by atoms with Crippen LogP contribution < -0.4 is 0 Å². The highest BCUT2D eigenvalue weighted by Crippen LogP contribution is 2.39. The minimum Gasteiger partial charge on any atom is -0.466 e. The van der Waals surface area contributed by atoms with Crippen molar-refractivity contribution in [2.75, 3.05) is 27.9 Å².